The molecule has 0 bridgehead atoms. The van der Waals surface area contributed by atoms with Gasteiger partial charge in [-0.25, -0.2) is 18.4 Å². The van der Waals surface area contributed by atoms with Gasteiger partial charge in [0.15, 0.2) is 0 Å². The molecule has 7 nitrogen and oxygen atoms in total. The van der Waals surface area contributed by atoms with Crippen molar-refractivity contribution in [3.05, 3.63) is 76.5 Å². The number of amides is 3. The number of cyclic esters (lactones) is 1. The second-order valence-corrected chi connectivity index (χ2v) is 6.99. The number of rotatable bonds is 4. The quantitative estimate of drug-likeness (QED) is 0.755. The van der Waals surface area contributed by atoms with E-state index in [-0.39, 0.29) is 23.6 Å². The highest BCUT2D eigenvalue weighted by Gasteiger charge is 2.42. The van der Waals surface area contributed by atoms with Crippen LogP contribution >= 0.6 is 0 Å². The third-order valence-electron chi connectivity index (χ3n) is 4.91. The lowest BCUT2D eigenvalue weighted by Crippen LogP contribution is -2.49. The maximum Gasteiger partial charge on any atom is 0.338 e. The van der Waals surface area contributed by atoms with Gasteiger partial charge in [0.1, 0.15) is 24.8 Å². The Morgan fingerprint density at radius 3 is 2.67 bits per heavy atom. The van der Waals surface area contributed by atoms with Crippen LogP contribution < -0.4 is 10.6 Å². The number of aryl methyl sites for hydroxylation is 1. The molecule has 0 spiro atoms. The molecular formula is C21H17F2N3O4. The van der Waals surface area contributed by atoms with Crippen molar-refractivity contribution in [3.63, 3.8) is 0 Å². The van der Waals surface area contributed by atoms with Gasteiger partial charge in [0.05, 0.1) is 23.0 Å². The van der Waals surface area contributed by atoms with Crippen molar-refractivity contribution in [2.75, 3.05) is 18.5 Å². The van der Waals surface area contributed by atoms with Crippen molar-refractivity contribution in [1.29, 1.82) is 0 Å². The zero-order valence-corrected chi connectivity index (χ0v) is 15.9. The Kier molecular flexibility index (Phi) is 4.94. The largest absolute Gasteiger partial charge is 0.456 e. The SMILES string of the molecule is Cc1ccc([C@@H]2NC(=O)N(CC(=O)Nc3cc(F)ccc3F)C3=C2C(=O)OC3)cc1. The second-order valence-electron chi connectivity index (χ2n) is 6.99. The Morgan fingerprint density at radius 2 is 1.93 bits per heavy atom. The van der Waals surface area contributed by atoms with Crippen molar-refractivity contribution in [2.24, 2.45) is 0 Å². The van der Waals surface area contributed by atoms with Crippen LogP contribution in [0, 0.1) is 18.6 Å². The van der Waals surface area contributed by atoms with Gasteiger partial charge in [0, 0.05) is 6.07 Å². The smallest absolute Gasteiger partial charge is 0.338 e. The van der Waals surface area contributed by atoms with Crippen molar-refractivity contribution < 1.29 is 27.9 Å². The summed E-state index contributed by atoms with van der Waals surface area (Å²) < 4.78 is 32.2. The normalized spacial score (nSPS) is 18.1. The van der Waals surface area contributed by atoms with E-state index in [2.05, 4.69) is 10.6 Å². The van der Waals surface area contributed by atoms with E-state index in [0.717, 1.165) is 28.7 Å². The predicted octanol–water partition coefficient (Wildman–Crippen LogP) is 2.79. The van der Waals surface area contributed by atoms with Crippen molar-refractivity contribution >= 4 is 23.6 Å². The van der Waals surface area contributed by atoms with E-state index in [1.54, 1.807) is 12.1 Å². The summed E-state index contributed by atoms with van der Waals surface area (Å²) in [5, 5.41) is 4.94. The van der Waals surface area contributed by atoms with Gasteiger partial charge in [0.25, 0.3) is 0 Å². The van der Waals surface area contributed by atoms with Crippen LogP contribution in [0.15, 0.2) is 53.7 Å². The van der Waals surface area contributed by atoms with Crippen LogP contribution in [0.3, 0.4) is 0 Å². The van der Waals surface area contributed by atoms with Crippen LogP contribution in [-0.2, 0) is 14.3 Å². The van der Waals surface area contributed by atoms with E-state index in [9.17, 15) is 23.2 Å². The maximum atomic E-state index is 13.8. The molecule has 0 radical (unpaired) electrons. The number of carbonyl (C=O) groups is 3. The number of halogens is 2. The van der Waals surface area contributed by atoms with Gasteiger partial charge in [-0.2, -0.15) is 0 Å². The zero-order valence-electron chi connectivity index (χ0n) is 15.9. The number of hydrogen-bond donors (Lipinski definition) is 2. The maximum absolute atomic E-state index is 13.8. The highest BCUT2D eigenvalue weighted by Crippen LogP contribution is 2.35. The van der Waals surface area contributed by atoms with Gasteiger partial charge < -0.3 is 15.4 Å². The van der Waals surface area contributed by atoms with E-state index in [4.69, 9.17) is 4.74 Å². The van der Waals surface area contributed by atoms with E-state index < -0.39 is 42.1 Å². The monoisotopic (exact) mass is 413 g/mol. The average molecular weight is 413 g/mol. The number of hydrogen-bond acceptors (Lipinski definition) is 4. The first-order valence-electron chi connectivity index (χ1n) is 9.13. The molecule has 0 saturated heterocycles. The van der Waals surface area contributed by atoms with Crippen LogP contribution in [0.2, 0.25) is 0 Å². The summed E-state index contributed by atoms with van der Waals surface area (Å²) in [6.07, 6.45) is 0. The lowest BCUT2D eigenvalue weighted by molar-refractivity contribution is -0.136. The molecule has 3 amide bonds. The number of nitrogens with one attached hydrogen (secondary N) is 2. The fourth-order valence-corrected chi connectivity index (χ4v) is 3.41. The molecule has 0 fully saturated rings. The summed E-state index contributed by atoms with van der Waals surface area (Å²) in [5.74, 6) is -2.87. The molecule has 154 valence electrons. The Balaban J connectivity index is 1.59. The highest BCUT2D eigenvalue weighted by molar-refractivity contribution is 6.00. The molecular weight excluding hydrogens is 396 g/mol. The average Bonchev–Trinajstić information content (AvgIpc) is 3.09. The minimum absolute atomic E-state index is 0.161. The van der Waals surface area contributed by atoms with Gasteiger partial charge in [0.2, 0.25) is 5.91 Å². The third kappa shape index (κ3) is 3.61. The molecule has 4 rings (SSSR count). The second kappa shape index (κ2) is 7.58. The molecule has 2 aromatic rings. The first-order chi connectivity index (χ1) is 14.3. The summed E-state index contributed by atoms with van der Waals surface area (Å²) in [4.78, 5) is 38.5. The number of urea groups is 1. The number of ether oxygens (including phenoxy) is 1. The predicted molar refractivity (Wildman–Crippen MR) is 102 cm³/mol. The number of carbonyl (C=O) groups excluding carboxylic acids is 3. The zero-order chi connectivity index (χ0) is 21.4. The Hall–Kier alpha value is -3.75. The lowest BCUT2D eigenvalue weighted by Gasteiger charge is -2.32. The molecule has 30 heavy (non-hydrogen) atoms. The van der Waals surface area contributed by atoms with Crippen molar-refractivity contribution in [3.8, 4) is 0 Å². The first kappa shape index (κ1) is 19.6. The van der Waals surface area contributed by atoms with Gasteiger partial charge in [-0.15, -0.1) is 0 Å². The van der Waals surface area contributed by atoms with Gasteiger partial charge in [-0.3, -0.25) is 9.69 Å². The van der Waals surface area contributed by atoms with Crippen molar-refractivity contribution in [2.45, 2.75) is 13.0 Å². The van der Waals surface area contributed by atoms with Crippen LogP contribution in [0.4, 0.5) is 19.3 Å². The molecule has 2 aliphatic rings. The molecule has 0 unspecified atom stereocenters. The fraction of sp³-hybridized carbons (Fsp3) is 0.190. The number of esters is 1. The molecule has 2 aliphatic heterocycles. The fourth-order valence-electron chi connectivity index (χ4n) is 3.41. The Labute approximate surface area is 170 Å². The Bertz CT molecular complexity index is 1080. The van der Waals surface area contributed by atoms with E-state index in [1.807, 2.05) is 19.1 Å². The van der Waals surface area contributed by atoms with E-state index in [1.165, 1.54) is 0 Å². The third-order valence-corrected chi connectivity index (χ3v) is 4.91. The van der Waals surface area contributed by atoms with Gasteiger partial charge >= 0.3 is 12.0 Å². The van der Waals surface area contributed by atoms with Gasteiger partial charge in [-0.05, 0) is 24.6 Å². The molecule has 2 aromatic carbocycles. The first-order valence-corrected chi connectivity index (χ1v) is 9.13. The molecule has 2 N–H and O–H groups in total. The van der Waals surface area contributed by atoms with Crippen molar-refractivity contribution in [1.82, 2.24) is 10.2 Å². The number of nitrogens with zero attached hydrogens (tertiary/aromatic N) is 1. The van der Waals surface area contributed by atoms with Crippen LogP contribution in [0.25, 0.3) is 0 Å². The molecule has 2 heterocycles. The van der Waals surface area contributed by atoms with Crippen LogP contribution in [-0.4, -0.2) is 36.0 Å². The standard InChI is InChI=1S/C21H17F2N3O4/c1-11-2-4-12(5-3-11)19-18-16(10-30-20(18)28)26(21(29)25-19)9-17(27)24-15-8-13(22)6-7-14(15)23/h2-8,19H,9-10H2,1H3,(H,24,27)(H,25,29)/t19-/m0/s1. The molecule has 0 saturated carbocycles. The summed E-state index contributed by atoms with van der Waals surface area (Å²) in [6, 6.07) is 8.64. The van der Waals surface area contributed by atoms with Crippen LogP contribution in [0.1, 0.15) is 17.2 Å². The molecule has 0 aliphatic carbocycles. The molecule has 9 heteroatoms. The minimum Gasteiger partial charge on any atom is -0.456 e. The molecule has 0 aromatic heterocycles. The number of benzene rings is 2. The summed E-state index contributed by atoms with van der Waals surface area (Å²) in [6.45, 7) is 1.25. The minimum atomic E-state index is -0.813. The summed E-state index contributed by atoms with van der Waals surface area (Å²) in [7, 11) is 0. The molecule has 1 atom stereocenters. The van der Waals surface area contributed by atoms with Crippen LogP contribution in [0.5, 0.6) is 0 Å². The van der Waals surface area contributed by atoms with Gasteiger partial charge in [-0.1, -0.05) is 29.8 Å². The summed E-state index contributed by atoms with van der Waals surface area (Å²) >= 11 is 0. The topological polar surface area (TPSA) is 87.7 Å². The highest BCUT2D eigenvalue weighted by atomic mass is 19.1. The number of anilines is 1. The summed E-state index contributed by atoms with van der Waals surface area (Å²) in [5.41, 5.74) is 1.88. The van der Waals surface area contributed by atoms with E-state index in [0.29, 0.717) is 5.56 Å². The lowest BCUT2D eigenvalue weighted by atomic mass is 9.95. The van der Waals surface area contributed by atoms with E-state index >= 15 is 0 Å². The Morgan fingerprint density at radius 1 is 1.20 bits per heavy atom.